The van der Waals surface area contributed by atoms with Gasteiger partial charge in [0.2, 0.25) is 0 Å². The summed E-state index contributed by atoms with van der Waals surface area (Å²) in [6.07, 6.45) is 1.95. The van der Waals surface area contributed by atoms with Gasteiger partial charge in [-0.3, -0.25) is 9.79 Å². The number of aliphatic imine (C=N–C) groups is 1. The van der Waals surface area contributed by atoms with Gasteiger partial charge in [-0.2, -0.15) is 0 Å². The maximum Gasteiger partial charge on any atom is 0.251 e. The molecule has 5 heteroatoms. The summed E-state index contributed by atoms with van der Waals surface area (Å²) in [6, 6.07) is 14.1. The summed E-state index contributed by atoms with van der Waals surface area (Å²) in [7, 11) is 1.62. The number of ether oxygens (including phenoxy) is 1. The number of nitrogens with zero attached hydrogens (tertiary/aromatic N) is 1. The van der Waals surface area contributed by atoms with Gasteiger partial charge in [-0.25, -0.2) is 0 Å². The van der Waals surface area contributed by atoms with E-state index in [9.17, 15) is 4.79 Å². The Kier molecular flexibility index (Phi) is 5.89. The van der Waals surface area contributed by atoms with Gasteiger partial charge in [0, 0.05) is 40.3 Å². The van der Waals surface area contributed by atoms with E-state index in [1.165, 1.54) is 10.5 Å². The lowest BCUT2D eigenvalue weighted by atomic mass is 10.1. The van der Waals surface area contributed by atoms with Gasteiger partial charge in [0.25, 0.3) is 5.91 Å². The molecule has 2 aromatic carbocycles. The number of hydrogen-bond donors (Lipinski definition) is 1. The Morgan fingerprint density at radius 1 is 1.20 bits per heavy atom. The predicted molar refractivity (Wildman–Crippen MR) is 102 cm³/mol. The SMILES string of the molecule is CCCC1=Nc2cc(C(=O)NCCOC)ccc2Sc2ccccc21. The highest BCUT2D eigenvalue weighted by atomic mass is 32.2. The molecule has 0 saturated carbocycles. The number of fused-ring (bicyclic) bond motifs is 2. The van der Waals surface area contributed by atoms with Crippen LogP contribution in [0.5, 0.6) is 0 Å². The highest BCUT2D eigenvalue weighted by Gasteiger charge is 2.18. The predicted octanol–water partition coefficient (Wildman–Crippen LogP) is 4.45. The van der Waals surface area contributed by atoms with Gasteiger partial charge in [-0.1, -0.05) is 43.3 Å². The number of carbonyl (C=O) groups is 1. The van der Waals surface area contributed by atoms with Gasteiger partial charge < -0.3 is 10.1 Å². The molecule has 1 amide bonds. The third kappa shape index (κ3) is 4.11. The molecule has 1 aliphatic heterocycles. The fourth-order valence-corrected chi connectivity index (χ4v) is 3.77. The Hall–Kier alpha value is -2.11. The number of amides is 1. The van der Waals surface area contributed by atoms with E-state index in [0.717, 1.165) is 29.1 Å². The molecule has 0 bridgehead atoms. The highest BCUT2D eigenvalue weighted by Crippen LogP contribution is 2.41. The van der Waals surface area contributed by atoms with E-state index in [1.807, 2.05) is 18.2 Å². The molecular weight excluding hydrogens is 332 g/mol. The van der Waals surface area contributed by atoms with Gasteiger partial charge >= 0.3 is 0 Å². The Morgan fingerprint density at radius 3 is 2.84 bits per heavy atom. The van der Waals surface area contributed by atoms with Crippen LogP contribution in [0.4, 0.5) is 5.69 Å². The molecule has 130 valence electrons. The number of hydrogen-bond acceptors (Lipinski definition) is 4. The maximum absolute atomic E-state index is 12.3. The number of methoxy groups -OCH3 is 1. The lowest BCUT2D eigenvalue weighted by Crippen LogP contribution is -2.26. The number of carbonyl (C=O) groups excluding carboxylic acids is 1. The molecule has 0 fully saturated rings. The first-order valence-corrected chi connectivity index (χ1v) is 9.30. The summed E-state index contributed by atoms with van der Waals surface area (Å²) in [4.78, 5) is 19.5. The topological polar surface area (TPSA) is 50.7 Å². The van der Waals surface area contributed by atoms with Crippen LogP contribution >= 0.6 is 11.8 Å². The van der Waals surface area contributed by atoms with Gasteiger partial charge in [0.15, 0.2) is 0 Å². The zero-order valence-corrected chi connectivity index (χ0v) is 15.4. The minimum absolute atomic E-state index is 0.0983. The highest BCUT2D eigenvalue weighted by molar-refractivity contribution is 7.99. The van der Waals surface area contributed by atoms with Crippen LogP contribution in [-0.2, 0) is 4.74 Å². The van der Waals surface area contributed by atoms with E-state index in [1.54, 1.807) is 18.9 Å². The molecule has 0 unspecified atom stereocenters. The molecule has 1 heterocycles. The van der Waals surface area contributed by atoms with Crippen molar-refractivity contribution in [1.82, 2.24) is 5.32 Å². The molecule has 0 atom stereocenters. The van der Waals surface area contributed by atoms with Crippen molar-refractivity contribution in [3.05, 3.63) is 53.6 Å². The summed E-state index contributed by atoms with van der Waals surface area (Å²) in [6.45, 7) is 3.15. The summed E-state index contributed by atoms with van der Waals surface area (Å²) >= 11 is 1.71. The molecular formula is C20H22N2O2S. The van der Waals surface area contributed by atoms with Gasteiger partial charge in [0.1, 0.15) is 0 Å². The molecule has 25 heavy (non-hydrogen) atoms. The van der Waals surface area contributed by atoms with Crippen LogP contribution < -0.4 is 5.32 Å². The second-order valence-corrected chi connectivity index (χ2v) is 6.92. The largest absolute Gasteiger partial charge is 0.383 e. The van der Waals surface area contributed by atoms with E-state index in [-0.39, 0.29) is 5.91 Å². The summed E-state index contributed by atoms with van der Waals surface area (Å²) in [5.41, 5.74) is 3.77. The third-order valence-corrected chi connectivity index (χ3v) is 5.11. The van der Waals surface area contributed by atoms with Crippen LogP contribution in [0.1, 0.15) is 35.7 Å². The molecule has 3 rings (SSSR count). The Morgan fingerprint density at radius 2 is 2.04 bits per heavy atom. The van der Waals surface area contributed by atoms with Crippen molar-refractivity contribution in [2.45, 2.75) is 29.6 Å². The van der Waals surface area contributed by atoms with Gasteiger partial charge in [-0.15, -0.1) is 0 Å². The Labute approximate surface area is 152 Å². The van der Waals surface area contributed by atoms with Crippen molar-refractivity contribution in [3.8, 4) is 0 Å². The Bertz CT molecular complexity index is 802. The van der Waals surface area contributed by atoms with Crippen LogP contribution in [-0.4, -0.2) is 31.9 Å². The smallest absolute Gasteiger partial charge is 0.251 e. The van der Waals surface area contributed by atoms with Crippen LogP contribution in [0.15, 0.2) is 57.2 Å². The number of benzene rings is 2. The first-order chi connectivity index (χ1) is 12.2. The monoisotopic (exact) mass is 354 g/mol. The lowest BCUT2D eigenvalue weighted by Gasteiger charge is -2.08. The van der Waals surface area contributed by atoms with E-state index in [2.05, 4.69) is 36.5 Å². The minimum Gasteiger partial charge on any atom is -0.383 e. The fourth-order valence-electron chi connectivity index (χ4n) is 2.75. The molecule has 2 aromatic rings. The Balaban J connectivity index is 1.95. The van der Waals surface area contributed by atoms with Crippen molar-refractivity contribution in [1.29, 1.82) is 0 Å². The quantitative estimate of drug-likeness (QED) is 0.780. The first kappa shape index (κ1) is 17.7. The molecule has 4 nitrogen and oxygen atoms in total. The van der Waals surface area contributed by atoms with Crippen molar-refractivity contribution in [2.24, 2.45) is 4.99 Å². The molecule has 0 saturated heterocycles. The van der Waals surface area contributed by atoms with Crippen LogP contribution in [0, 0.1) is 0 Å². The molecule has 1 N–H and O–H groups in total. The van der Waals surface area contributed by atoms with Gasteiger partial charge in [0.05, 0.1) is 12.3 Å². The molecule has 0 aromatic heterocycles. The van der Waals surface area contributed by atoms with Crippen molar-refractivity contribution in [3.63, 3.8) is 0 Å². The van der Waals surface area contributed by atoms with Gasteiger partial charge in [-0.05, 0) is 30.7 Å². The summed E-state index contributed by atoms with van der Waals surface area (Å²) in [5, 5.41) is 2.86. The normalized spacial score (nSPS) is 12.6. The minimum atomic E-state index is -0.0983. The van der Waals surface area contributed by atoms with Crippen molar-refractivity contribution >= 4 is 29.1 Å². The molecule has 0 spiro atoms. The number of nitrogens with one attached hydrogen (secondary N) is 1. The zero-order chi connectivity index (χ0) is 17.6. The van der Waals surface area contributed by atoms with Crippen LogP contribution in [0.2, 0.25) is 0 Å². The van der Waals surface area contributed by atoms with Crippen LogP contribution in [0.3, 0.4) is 0 Å². The van der Waals surface area contributed by atoms with E-state index < -0.39 is 0 Å². The fraction of sp³-hybridized carbons (Fsp3) is 0.300. The zero-order valence-electron chi connectivity index (χ0n) is 14.5. The van der Waals surface area contributed by atoms with Crippen molar-refractivity contribution in [2.75, 3.05) is 20.3 Å². The van der Waals surface area contributed by atoms with Crippen LogP contribution in [0.25, 0.3) is 0 Å². The average molecular weight is 354 g/mol. The van der Waals surface area contributed by atoms with E-state index >= 15 is 0 Å². The lowest BCUT2D eigenvalue weighted by molar-refractivity contribution is 0.0937. The third-order valence-electron chi connectivity index (χ3n) is 3.97. The first-order valence-electron chi connectivity index (χ1n) is 8.49. The number of rotatable bonds is 6. The molecule has 0 aliphatic carbocycles. The summed E-state index contributed by atoms with van der Waals surface area (Å²) in [5.74, 6) is -0.0983. The standard InChI is InChI=1S/C20H22N2O2S/c1-3-6-16-15-7-4-5-8-18(15)25-19-10-9-14(13-17(19)22-16)20(23)21-11-12-24-2/h4-5,7-10,13H,3,6,11-12H2,1-2H3,(H,21,23). The maximum atomic E-state index is 12.3. The molecule has 1 aliphatic rings. The average Bonchev–Trinajstić information content (AvgIpc) is 2.78. The second kappa shape index (κ2) is 8.32. The van der Waals surface area contributed by atoms with Crippen molar-refractivity contribution < 1.29 is 9.53 Å². The summed E-state index contributed by atoms with van der Waals surface area (Å²) < 4.78 is 4.97. The molecule has 0 radical (unpaired) electrons. The second-order valence-electron chi connectivity index (χ2n) is 5.84. The van der Waals surface area contributed by atoms with E-state index in [0.29, 0.717) is 18.7 Å². The van der Waals surface area contributed by atoms with E-state index in [4.69, 9.17) is 9.73 Å².